The lowest BCUT2D eigenvalue weighted by Gasteiger charge is -2.29. The second kappa shape index (κ2) is 22.2. The van der Waals surface area contributed by atoms with Gasteiger partial charge in [-0.05, 0) is 17.9 Å². The molecule has 1 saturated heterocycles. The van der Waals surface area contributed by atoms with Gasteiger partial charge in [-0.2, -0.15) is 11.8 Å². The molecule has 0 amide bonds. The molecule has 0 bridgehead atoms. The minimum Gasteiger partial charge on any atom is -1.00 e. The average Bonchev–Trinajstić information content (AvgIpc) is 3.13. The van der Waals surface area contributed by atoms with Crippen LogP contribution in [0.1, 0.15) is 129 Å². The van der Waals surface area contributed by atoms with Crippen molar-refractivity contribution in [3.63, 3.8) is 0 Å². The third-order valence-electron chi connectivity index (χ3n) is 6.77. The summed E-state index contributed by atoms with van der Waals surface area (Å²) in [5, 5.41) is 0. The van der Waals surface area contributed by atoms with E-state index in [1.54, 1.807) is 0 Å². The molecule has 1 heterocycles. The zero-order chi connectivity index (χ0) is 20.2. The molecule has 176 valence electrons. The van der Waals surface area contributed by atoms with Crippen LogP contribution in [0.2, 0.25) is 0 Å². The minimum absolute atomic E-state index is 0. The van der Waals surface area contributed by atoms with Crippen LogP contribution in [-0.2, 0) is 0 Å². The number of thioether (sulfide) groups is 1. The first kappa shape index (κ1) is 30.0. The highest BCUT2D eigenvalue weighted by Gasteiger charge is 2.25. The van der Waals surface area contributed by atoms with E-state index in [0.29, 0.717) is 0 Å². The molecular formula is C26H54INS. The van der Waals surface area contributed by atoms with Crippen molar-refractivity contribution in [3.8, 4) is 0 Å². The number of hydrogen-bond acceptors (Lipinski definition) is 1. The molecule has 0 unspecified atom stereocenters. The highest BCUT2D eigenvalue weighted by atomic mass is 127. The van der Waals surface area contributed by atoms with Crippen molar-refractivity contribution in [1.29, 1.82) is 0 Å². The highest BCUT2D eigenvalue weighted by Crippen LogP contribution is 2.18. The van der Waals surface area contributed by atoms with E-state index in [-0.39, 0.29) is 24.0 Å². The van der Waals surface area contributed by atoms with Gasteiger partial charge in [0.2, 0.25) is 0 Å². The quantitative estimate of drug-likeness (QED) is 0.104. The molecule has 0 aromatic rings. The molecule has 1 aliphatic rings. The van der Waals surface area contributed by atoms with Gasteiger partial charge in [0, 0.05) is 19.3 Å². The van der Waals surface area contributed by atoms with Crippen molar-refractivity contribution in [2.24, 2.45) is 0 Å². The number of rotatable bonds is 21. The van der Waals surface area contributed by atoms with Gasteiger partial charge in [-0.1, -0.05) is 103 Å². The minimum atomic E-state index is 0. The number of nitrogens with zero attached hydrogens (tertiary/aromatic N) is 1. The number of halogens is 1. The van der Waals surface area contributed by atoms with Crippen LogP contribution in [0.3, 0.4) is 0 Å². The maximum Gasteiger partial charge on any atom is 0.0792 e. The zero-order valence-electron chi connectivity index (χ0n) is 20.2. The fraction of sp³-hybridized carbons (Fsp3) is 1.00. The van der Waals surface area contributed by atoms with Crippen LogP contribution in [0.15, 0.2) is 0 Å². The van der Waals surface area contributed by atoms with E-state index in [0.717, 1.165) is 0 Å². The van der Waals surface area contributed by atoms with Gasteiger partial charge in [-0.15, -0.1) is 0 Å². The van der Waals surface area contributed by atoms with E-state index < -0.39 is 0 Å². The summed E-state index contributed by atoms with van der Waals surface area (Å²) in [5.41, 5.74) is 0. The van der Waals surface area contributed by atoms with Crippen LogP contribution in [0, 0.1) is 0 Å². The van der Waals surface area contributed by atoms with Crippen molar-refractivity contribution in [2.75, 3.05) is 38.2 Å². The van der Waals surface area contributed by atoms with E-state index in [1.165, 1.54) is 158 Å². The molecule has 1 fully saturated rings. The molecule has 29 heavy (non-hydrogen) atoms. The standard InChI is InChI=1S/C26H54NS.HI/c1-3-4-5-6-7-8-9-10-11-12-13-14-15-16-17-20-25-28-26-21-24-27(2)22-18-19-23-27;/h3-26H2,1-2H3;1H/q+1;/p-1. The molecule has 1 rings (SSSR count). The fourth-order valence-electron chi connectivity index (χ4n) is 4.73. The summed E-state index contributed by atoms with van der Waals surface area (Å²) >= 11 is 2.21. The Bertz CT molecular complexity index is 318. The summed E-state index contributed by atoms with van der Waals surface area (Å²) in [4.78, 5) is 0. The second-order valence-electron chi connectivity index (χ2n) is 9.77. The van der Waals surface area contributed by atoms with Crippen LogP contribution in [0.4, 0.5) is 0 Å². The Kier molecular flexibility index (Phi) is 23.0. The van der Waals surface area contributed by atoms with Gasteiger partial charge < -0.3 is 28.5 Å². The molecule has 0 aliphatic carbocycles. The maximum atomic E-state index is 2.47. The lowest BCUT2D eigenvalue weighted by Crippen LogP contribution is -3.00. The van der Waals surface area contributed by atoms with Crippen molar-refractivity contribution in [1.82, 2.24) is 0 Å². The zero-order valence-corrected chi connectivity index (χ0v) is 23.2. The van der Waals surface area contributed by atoms with Crippen molar-refractivity contribution < 1.29 is 28.5 Å². The van der Waals surface area contributed by atoms with Crippen LogP contribution in [-0.4, -0.2) is 42.7 Å². The monoisotopic (exact) mass is 539 g/mol. The van der Waals surface area contributed by atoms with Gasteiger partial charge in [0.15, 0.2) is 0 Å². The Labute approximate surface area is 206 Å². The molecule has 0 aromatic carbocycles. The van der Waals surface area contributed by atoms with E-state index in [4.69, 9.17) is 0 Å². The van der Waals surface area contributed by atoms with E-state index in [1.807, 2.05) is 0 Å². The fourth-order valence-corrected chi connectivity index (χ4v) is 5.67. The Balaban J connectivity index is 0.00000784. The molecule has 0 aromatic heterocycles. The van der Waals surface area contributed by atoms with Crippen LogP contribution in [0.25, 0.3) is 0 Å². The van der Waals surface area contributed by atoms with E-state index in [2.05, 4.69) is 25.7 Å². The Hall–Kier alpha value is 1.04. The first-order chi connectivity index (χ1) is 13.8. The summed E-state index contributed by atoms with van der Waals surface area (Å²) in [5.74, 6) is 2.80. The molecule has 3 heteroatoms. The molecule has 0 saturated carbocycles. The Morgan fingerprint density at radius 2 is 0.931 bits per heavy atom. The predicted octanol–water partition coefficient (Wildman–Crippen LogP) is 5.62. The Morgan fingerprint density at radius 3 is 1.38 bits per heavy atom. The molecule has 0 spiro atoms. The smallest absolute Gasteiger partial charge is 0.0792 e. The summed E-state index contributed by atoms with van der Waals surface area (Å²) < 4.78 is 1.36. The first-order valence-electron chi connectivity index (χ1n) is 13.2. The van der Waals surface area contributed by atoms with Crippen LogP contribution < -0.4 is 24.0 Å². The third kappa shape index (κ3) is 19.5. The third-order valence-corrected chi connectivity index (χ3v) is 7.93. The van der Waals surface area contributed by atoms with Gasteiger partial charge in [0.05, 0.1) is 26.7 Å². The van der Waals surface area contributed by atoms with Gasteiger partial charge in [-0.3, -0.25) is 0 Å². The lowest BCUT2D eigenvalue weighted by atomic mass is 10.0. The molecule has 1 aliphatic heterocycles. The average molecular weight is 540 g/mol. The second-order valence-corrected chi connectivity index (χ2v) is 11.0. The van der Waals surface area contributed by atoms with Gasteiger partial charge in [0.1, 0.15) is 0 Å². The summed E-state index contributed by atoms with van der Waals surface area (Å²) in [6, 6.07) is 0. The molecule has 0 N–H and O–H groups in total. The van der Waals surface area contributed by atoms with Gasteiger partial charge in [-0.25, -0.2) is 0 Å². The first-order valence-corrected chi connectivity index (χ1v) is 14.3. The van der Waals surface area contributed by atoms with Crippen molar-refractivity contribution in [2.45, 2.75) is 129 Å². The number of likely N-dealkylation sites (tertiary alicyclic amines) is 1. The van der Waals surface area contributed by atoms with Crippen LogP contribution >= 0.6 is 11.8 Å². The topological polar surface area (TPSA) is 0 Å². The van der Waals surface area contributed by atoms with Crippen molar-refractivity contribution in [3.05, 3.63) is 0 Å². The molecule has 0 radical (unpaired) electrons. The molecular weight excluding hydrogens is 485 g/mol. The normalized spacial score (nSPS) is 15.5. The van der Waals surface area contributed by atoms with Crippen molar-refractivity contribution >= 4 is 11.8 Å². The Morgan fingerprint density at radius 1 is 0.552 bits per heavy atom. The van der Waals surface area contributed by atoms with Crippen LogP contribution in [0.5, 0.6) is 0 Å². The lowest BCUT2D eigenvalue weighted by molar-refractivity contribution is -0.897. The highest BCUT2D eigenvalue weighted by molar-refractivity contribution is 7.99. The number of unbranched alkanes of at least 4 members (excludes halogenated alkanes) is 15. The van der Waals surface area contributed by atoms with E-state index >= 15 is 0 Å². The SMILES string of the molecule is CCCCCCCCCCCCCCCCCCSCCC[N+]1(C)CCCC1.[I-]. The molecule has 1 nitrogen and oxygen atoms in total. The molecule has 0 atom stereocenters. The largest absolute Gasteiger partial charge is 1.00 e. The van der Waals surface area contributed by atoms with Gasteiger partial charge >= 0.3 is 0 Å². The summed E-state index contributed by atoms with van der Waals surface area (Å²) in [6.45, 7) is 6.59. The number of hydrogen-bond donors (Lipinski definition) is 0. The van der Waals surface area contributed by atoms with E-state index in [9.17, 15) is 0 Å². The summed E-state index contributed by atoms with van der Waals surface area (Å²) in [7, 11) is 2.47. The number of quaternary nitrogens is 1. The van der Waals surface area contributed by atoms with Gasteiger partial charge in [0.25, 0.3) is 0 Å². The maximum absolute atomic E-state index is 2.47. The predicted molar refractivity (Wildman–Crippen MR) is 132 cm³/mol. The summed E-state index contributed by atoms with van der Waals surface area (Å²) in [6.07, 6.45) is 27.9.